The van der Waals surface area contributed by atoms with Crippen molar-refractivity contribution in [3.63, 3.8) is 0 Å². The highest BCUT2D eigenvalue weighted by molar-refractivity contribution is 8.22. The van der Waals surface area contributed by atoms with Gasteiger partial charge in [0.2, 0.25) is 5.91 Å². The molecule has 2 rings (SSSR count). The monoisotopic (exact) mass is 362 g/mol. The van der Waals surface area contributed by atoms with Crippen LogP contribution in [0.15, 0.2) is 4.99 Å². The Hall–Kier alpha value is -0.0100. The van der Waals surface area contributed by atoms with E-state index in [0.717, 1.165) is 17.9 Å². The molecule has 1 amide bonds. The minimum absolute atomic E-state index is 0.0457. The van der Waals surface area contributed by atoms with Gasteiger partial charge in [-0.1, -0.05) is 12.8 Å². The van der Waals surface area contributed by atoms with E-state index in [9.17, 15) is 9.00 Å². The molecule has 1 N–H and O–H groups in total. The second-order valence-corrected chi connectivity index (χ2v) is 11.8. The van der Waals surface area contributed by atoms with Crippen LogP contribution in [0.4, 0.5) is 0 Å². The molecular weight excluding hydrogens is 336 g/mol. The van der Waals surface area contributed by atoms with E-state index >= 15 is 0 Å². The number of nitrogens with one attached hydrogen (secondary N) is 1. The van der Waals surface area contributed by atoms with Crippen molar-refractivity contribution in [1.82, 2.24) is 5.32 Å². The zero-order chi connectivity index (χ0) is 16.4. The van der Waals surface area contributed by atoms with E-state index in [1.165, 1.54) is 12.8 Å². The average molecular weight is 363 g/mol. The van der Waals surface area contributed by atoms with Crippen LogP contribution in [-0.2, 0) is 15.6 Å². The Labute approximate surface area is 144 Å². The van der Waals surface area contributed by atoms with Crippen LogP contribution >= 0.6 is 23.5 Å². The van der Waals surface area contributed by atoms with Gasteiger partial charge >= 0.3 is 0 Å². The summed E-state index contributed by atoms with van der Waals surface area (Å²) < 4.78 is 11.4. The first-order valence-electron chi connectivity index (χ1n) is 7.73. The largest absolute Gasteiger partial charge is 0.357 e. The lowest BCUT2D eigenvalue weighted by Crippen LogP contribution is -2.47. The molecule has 22 heavy (non-hydrogen) atoms. The van der Waals surface area contributed by atoms with E-state index in [2.05, 4.69) is 10.3 Å². The third-order valence-electron chi connectivity index (χ3n) is 3.89. The Balaban J connectivity index is 2.22. The summed E-state index contributed by atoms with van der Waals surface area (Å²) in [4.78, 5) is 17.2. The summed E-state index contributed by atoms with van der Waals surface area (Å²) in [7, 11) is 0.561. The highest BCUT2D eigenvalue weighted by atomic mass is 32.2. The van der Waals surface area contributed by atoms with Crippen molar-refractivity contribution >= 4 is 45.8 Å². The molecule has 7 heteroatoms. The maximum absolute atomic E-state index is 12.5. The number of aliphatic imine (C=N–C) groups is 1. The zero-order valence-electron chi connectivity index (χ0n) is 13.8. The van der Waals surface area contributed by atoms with E-state index in [0.29, 0.717) is 5.92 Å². The van der Waals surface area contributed by atoms with Gasteiger partial charge in [-0.25, -0.2) is 0 Å². The van der Waals surface area contributed by atoms with E-state index in [4.69, 9.17) is 0 Å². The van der Waals surface area contributed by atoms with Crippen molar-refractivity contribution in [2.75, 3.05) is 18.6 Å². The molecular formula is C15H26N2O2S3. The molecule has 1 aliphatic carbocycles. The Bertz CT molecular complexity index is 464. The quantitative estimate of drug-likeness (QED) is 0.583. The van der Waals surface area contributed by atoms with Crippen LogP contribution in [0.1, 0.15) is 40.0 Å². The van der Waals surface area contributed by atoms with E-state index in [1.807, 2.05) is 20.8 Å². The van der Waals surface area contributed by atoms with Gasteiger partial charge in [-0.15, -0.1) is 23.5 Å². The maximum atomic E-state index is 12.5. The van der Waals surface area contributed by atoms with Gasteiger partial charge in [0.25, 0.3) is 0 Å². The lowest BCUT2D eigenvalue weighted by atomic mass is 10.1. The summed E-state index contributed by atoms with van der Waals surface area (Å²) in [6, 6.07) is -0.0938. The molecule has 0 aromatic rings. The van der Waals surface area contributed by atoms with Crippen molar-refractivity contribution in [2.24, 2.45) is 10.9 Å². The summed E-state index contributed by atoms with van der Waals surface area (Å²) in [5.74, 6) is 2.66. The zero-order valence-corrected chi connectivity index (χ0v) is 16.2. The minimum Gasteiger partial charge on any atom is -0.357 e. The van der Waals surface area contributed by atoms with Crippen LogP contribution in [0, 0.1) is 5.92 Å². The second-order valence-electron chi connectivity index (χ2n) is 6.80. The van der Waals surface area contributed by atoms with Crippen LogP contribution in [0.5, 0.6) is 0 Å². The summed E-state index contributed by atoms with van der Waals surface area (Å²) in [6.07, 6.45) is 3.38. The number of amides is 1. The fourth-order valence-corrected chi connectivity index (χ4v) is 6.19. The number of nitrogens with zero attached hydrogens (tertiary/aromatic N) is 1. The third kappa shape index (κ3) is 4.29. The van der Waals surface area contributed by atoms with Gasteiger partial charge in [0.1, 0.15) is 0 Å². The molecule has 0 bridgehead atoms. The Morgan fingerprint density at radius 1 is 1.41 bits per heavy atom. The molecule has 2 fully saturated rings. The number of carbonyl (C=O) groups is 1. The molecule has 0 radical (unpaired) electrons. The average Bonchev–Trinajstić information content (AvgIpc) is 3.14. The van der Waals surface area contributed by atoms with Crippen LogP contribution < -0.4 is 5.32 Å². The van der Waals surface area contributed by atoms with Crippen LogP contribution in [-0.4, -0.2) is 49.1 Å². The van der Waals surface area contributed by atoms with Gasteiger partial charge in [0.15, 0.2) is 4.08 Å². The molecule has 2 aliphatic rings. The van der Waals surface area contributed by atoms with Crippen molar-refractivity contribution in [3.8, 4) is 0 Å². The molecule has 1 heterocycles. The Kier molecular flexibility index (Phi) is 6.05. The van der Waals surface area contributed by atoms with Crippen molar-refractivity contribution in [2.45, 2.75) is 54.9 Å². The highest BCUT2D eigenvalue weighted by Crippen LogP contribution is 2.51. The molecule has 0 spiro atoms. The van der Waals surface area contributed by atoms with E-state index in [1.54, 1.807) is 36.1 Å². The van der Waals surface area contributed by atoms with E-state index in [-0.39, 0.29) is 16.7 Å². The number of hydrogen-bond donors (Lipinski definition) is 1. The third-order valence-corrected chi connectivity index (χ3v) is 8.97. The van der Waals surface area contributed by atoms with Gasteiger partial charge in [-0.3, -0.25) is 14.0 Å². The highest BCUT2D eigenvalue weighted by Gasteiger charge is 2.50. The first-order chi connectivity index (χ1) is 10.3. The summed E-state index contributed by atoms with van der Waals surface area (Å²) in [6.45, 7) is 5.83. The van der Waals surface area contributed by atoms with Crippen molar-refractivity contribution in [1.29, 1.82) is 0 Å². The number of hydrogen-bond acceptors (Lipinski definition) is 5. The molecule has 4 nitrogen and oxygen atoms in total. The number of rotatable bonds is 6. The van der Waals surface area contributed by atoms with E-state index < -0.39 is 14.9 Å². The standard InChI is InChI=1S/C15H26N2O2S3/c1-14(2,3)22(19)10-17-12(9-11-5-6-11)15(13(18)16-4)20-7-8-21-15/h10-12H,5-9H2,1-4H3,(H,16,18). The molecule has 0 aromatic carbocycles. The Morgan fingerprint density at radius 3 is 2.45 bits per heavy atom. The Morgan fingerprint density at radius 2 is 2.00 bits per heavy atom. The number of carbonyl (C=O) groups excluding carboxylic acids is 1. The van der Waals surface area contributed by atoms with Gasteiger partial charge < -0.3 is 5.32 Å². The molecule has 1 saturated heterocycles. The fourth-order valence-electron chi connectivity index (χ4n) is 2.35. The first-order valence-corrected chi connectivity index (χ1v) is 10.9. The summed E-state index contributed by atoms with van der Waals surface area (Å²) in [5, 5.41) is 2.81. The smallest absolute Gasteiger partial charge is 0.248 e. The second kappa shape index (κ2) is 7.26. The molecule has 1 saturated carbocycles. The molecule has 2 unspecified atom stereocenters. The first kappa shape index (κ1) is 18.3. The molecule has 126 valence electrons. The van der Waals surface area contributed by atoms with Crippen molar-refractivity contribution < 1.29 is 9.00 Å². The topological polar surface area (TPSA) is 58.5 Å². The summed E-state index contributed by atoms with van der Waals surface area (Å²) in [5.41, 5.74) is 1.58. The molecule has 1 aliphatic heterocycles. The molecule has 2 atom stereocenters. The van der Waals surface area contributed by atoms with Gasteiger partial charge in [0, 0.05) is 23.3 Å². The predicted octanol–water partition coefficient (Wildman–Crippen LogP) is 2.65. The van der Waals surface area contributed by atoms with Crippen LogP contribution in [0.3, 0.4) is 0 Å². The van der Waals surface area contributed by atoms with Gasteiger partial charge in [-0.2, -0.15) is 0 Å². The van der Waals surface area contributed by atoms with Gasteiger partial charge in [0.05, 0.1) is 22.4 Å². The molecule has 0 aromatic heterocycles. The SMILES string of the molecule is CNC(=O)C1(C(CC2CC2)N=CS(=O)C(C)(C)C)SCCS1. The fraction of sp³-hybridized carbons (Fsp3) is 0.867. The minimum atomic E-state index is -1.13. The number of thioether (sulfide) groups is 2. The lowest BCUT2D eigenvalue weighted by molar-refractivity contribution is -0.121. The maximum Gasteiger partial charge on any atom is 0.248 e. The predicted molar refractivity (Wildman–Crippen MR) is 99.2 cm³/mol. The van der Waals surface area contributed by atoms with Gasteiger partial charge in [-0.05, 0) is 33.1 Å². The van der Waals surface area contributed by atoms with Crippen LogP contribution in [0.25, 0.3) is 0 Å². The van der Waals surface area contributed by atoms with Crippen LogP contribution in [0.2, 0.25) is 0 Å². The van der Waals surface area contributed by atoms with Crippen molar-refractivity contribution in [3.05, 3.63) is 0 Å². The summed E-state index contributed by atoms with van der Waals surface area (Å²) >= 11 is 3.40. The lowest BCUT2D eigenvalue weighted by Gasteiger charge is -2.31. The normalized spacial score (nSPS) is 24.4.